The maximum absolute atomic E-state index is 12.2. The second-order valence-corrected chi connectivity index (χ2v) is 5.80. The van der Waals surface area contributed by atoms with Crippen LogP contribution in [-0.4, -0.2) is 22.4 Å². The quantitative estimate of drug-likeness (QED) is 0.655. The molecule has 7 heteroatoms. The molecule has 0 amide bonds. The van der Waals surface area contributed by atoms with Gasteiger partial charge >= 0.3 is 0 Å². The van der Waals surface area contributed by atoms with E-state index < -0.39 is 0 Å². The summed E-state index contributed by atoms with van der Waals surface area (Å²) >= 11 is 6.85. The summed E-state index contributed by atoms with van der Waals surface area (Å²) in [5.74, 6) is 1.07. The topological polar surface area (TPSA) is 65.2 Å². The first kappa shape index (κ1) is 15.6. The van der Waals surface area contributed by atoms with Gasteiger partial charge in [-0.05, 0) is 36.4 Å². The second-order valence-electron chi connectivity index (χ2n) is 4.47. The van der Waals surface area contributed by atoms with Gasteiger partial charge in [0.05, 0.1) is 12.1 Å². The minimum absolute atomic E-state index is 0.167. The van der Waals surface area contributed by atoms with Crippen molar-refractivity contribution in [3.05, 3.63) is 59.1 Å². The molecular weight excluding hydrogens is 336 g/mol. The first-order chi connectivity index (χ1) is 11.2. The highest BCUT2D eigenvalue weighted by molar-refractivity contribution is 8.14. The third kappa shape index (κ3) is 3.55. The summed E-state index contributed by atoms with van der Waals surface area (Å²) in [5.41, 5.74) is 1.15. The molecule has 3 rings (SSSR count). The number of hydrogen-bond donors (Lipinski definition) is 0. The lowest BCUT2D eigenvalue weighted by Crippen LogP contribution is -1.94. The first-order valence-electron chi connectivity index (χ1n) is 6.62. The van der Waals surface area contributed by atoms with E-state index in [9.17, 15) is 4.79 Å². The zero-order valence-electron chi connectivity index (χ0n) is 12.0. The van der Waals surface area contributed by atoms with Crippen LogP contribution in [0.2, 0.25) is 5.02 Å². The molecule has 116 valence electrons. The number of benzene rings is 2. The van der Waals surface area contributed by atoms with Gasteiger partial charge in [-0.15, -0.1) is 10.2 Å². The van der Waals surface area contributed by atoms with Crippen LogP contribution in [0.25, 0.3) is 11.5 Å². The number of methoxy groups -OCH3 is 1. The molecule has 0 N–H and O–H groups in total. The fourth-order valence-corrected chi connectivity index (χ4v) is 2.79. The van der Waals surface area contributed by atoms with Crippen molar-refractivity contribution in [3.63, 3.8) is 0 Å². The van der Waals surface area contributed by atoms with Crippen molar-refractivity contribution < 1.29 is 13.9 Å². The van der Waals surface area contributed by atoms with Crippen molar-refractivity contribution in [2.75, 3.05) is 7.11 Å². The summed E-state index contributed by atoms with van der Waals surface area (Å²) in [6, 6.07) is 14.0. The van der Waals surface area contributed by atoms with Crippen LogP contribution in [0.15, 0.2) is 58.2 Å². The highest BCUT2D eigenvalue weighted by Gasteiger charge is 2.16. The Morgan fingerprint density at radius 3 is 2.57 bits per heavy atom. The molecule has 0 aliphatic heterocycles. The zero-order valence-corrected chi connectivity index (χ0v) is 13.6. The van der Waals surface area contributed by atoms with E-state index in [4.69, 9.17) is 20.8 Å². The SMILES string of the molecule is COc1ccc(-c2nnc(SC(=O)c3ccccc3Cl)o2)cc1. The molecule has 0 saturated heterocycles. The molecule has 23 heavy (non-hydrogen) atoms. The predicted molar refractivity (Wildman–Crippen MR) is 87.9 cm³/mol. The van der Waals surface area contributed by atoms with E-state index in [-0.39, 0.29) is 10.3 Å². The summed E-state index contributed by atoms with van der Waals surface area (Å²) in [6.45, 7) is 0. The number of thioether (sulfide) groups is 1. The first-order valence-corrected chi connectivity index (χ1v) is 7.81. The lowest BCUT2D eigenvalue weighted by atomic mass is 10.2. The van der Waals surface area contributed by atoms with Gasteiger partial charge in [-0.3, -0.25) is 4.79 Å². The van der Waals surface area contributed by atoms with E-state index in [1.165, 1.54) is 0 Å². The van der Waals surface area contributed by atoms with Gasteiger partial charge in [0.25, 0.3) is 5.22 Å². The van der Waals surface area contributed by atoms with Crippen molar-refractivity contribution >= 4 is 28.5 Å². The van der Waals surface area contributed by atoms with Crippen LogP contribution < -0.4 is 4.74 Å². The van der Waals surface area contributed by atoms with Gasteiger partial charge in [-0.25, -0.2) is 0 Å². The van der Waals surface area contributed by atoms with Crippen LogP contribution >= 0.6 is 23.4 Å². The number of nitrogens with zero attached hydrogens (tertiary/aromatic N) is 2. The Bertz CT molecular complexity index is 833. The predicted octanol–water partition coefficient (Wildman–Crippen LogP) is 4.33. The van der Waals surface area contributed by atoms with Crippen molar-refractivity contribution in [3.8, 4) is 17.2 Å². The van der Waals surface area contributed by atoms with Crippen LogP contribution in [0, 0.1) is 0 Å². The molecule has 0 radical (unpaired) electrons. The van der Waals surface area contributed by atoms with Crippen molar-refractivity contribution in [1.82, 2.24) is 10.2 Å². The molecule has 1 heterocycles. The molecule has 0 unspecified atom stereocenters. The Morgan fingerprint density at radius 1 is 1.13 bits per heavy atom. The minimum Gasteiger partial charge on any atom is -0.497 e. The van der Waals surface area contributed by atoms with Gasteiger partial charge in [0.2, 0.25) is 11.0 Å². The second kappa shape index (κ2) is 6.85. The summed E-state index contributed by atoms with van der Waals surface area (Å²) in [5, 5.41) is 8.14. The molecule has 0 saturated carbocycles. The largest absolute Gasteiger partial charge is 0.497 e. The number of aromatic nitrogens is 2. The van der Waals surface area contributed by atoms with Gasteiger partial charge in [-0.2, -0.15) is 0 Å². The summed E-state index contributed by atoms with van der Waals surface area (Å²) in [7, 11) is 1.59. The van der Waals surface area contributed by atoms with E-state index in [1.807, 2.05) is 0 Å². The Morgan fingerprint density at radius 2 is 1.87 bits per heavy atom. The maximum Gasteiger partial charge on any atom is 0.284 e. The van der Waals surface area contributed by atoms with Gasteiger partial charge < -0.3 is 9.15 Å². The van der Waals surface area contributed by atoms with Crippen molar-refractivity contribution in [2.24, 2.45) is 0 Å². The standard InChI is InChI=1S/C16H11ClN2O3S/c1-21-11-8-6-10(7-9-11)14-18-19-16(22-14)23-15(20)12-4-2-3-5-13(12)17/h2-9H,1H3. The third-order valence-electron chi connectivity index (χ3n) is 3.02. The molecule has 0 spiro atoms. The Labute approximate surface area is 141 Å². The number of carbonyl (C=O) groups excluding carboxylic acids is 1. The number of hydrogen-bond acceptors (Lipinski definition) is 6. The smallest absolute Gasteiger partial charge is 0.284 e. The van der Waals surface area contributed by atoms with E-state index >= 15 is 0 Å². The fourth-order valence-electron chi connectivity index (χ4n) is 1.86. The molecule has 3 aromatic rings. The number of halogens is 1. The highest BCUT2D eigenvalue weighted by Crippen LogP contribution is 2.28. The molecule has 5 nitrogen and oxygen atoms in total. The van der Waals surface area contributed by atoms with E-state index in [0.29, 0.717) is 16.5 Å². The van der Waals surface area contributed by atoms with Crippen LogP contribution in [-0.2, 0) is 0 Å². The Kier molecular flexibility index (Phi) is 4.64. The monoisotopic (exact) mass is 346 g/mol. The van der Waals surface area contributed by atoms with Gasteiger partial charge in [0.1, 0.15) is 5.75 Å². The highest BCUT2D eigenvalue weighted by atomic mass is 35.5. The van der Waals surface area contributed by atoms with Crippen molar-refractivity contribution in [2.45, 2.75) is 5.22 Å². The average molecular weight is 347 g/mol. The number of carbonyl (C=O) groups is 1. The summed E-state index contributed by atoms with van der Waals surface area (Å²) in [4.78, 5) is 12.2. The average Bonchev–Trinajstić information content (AvgIpc) is 3.03. The van der Waals surface area contributed by atoms with Gasteiger partial charge in [0.15, 0.2) is 0 Å². The normalized spacial score (nSPS) is 10.5. The van der Waals surface area contributed by atoms with Crippen LogP contribution in [0.1, 0.15) is 10.4 Å². The number of ether oxygens (including phenoxy) is 1. The van der Waals surface area contributed by atoms with Crippen LogP contribution in [0.3, 0.4) is 0 Å². The van der Waals surface area contributed by atoms with Gasteiger partial charge in [0, 0.05) is 22.9 Å². The Balaban J connectivity index is 1.76. The van der Waals surface area contributed by atoms with Crippen molar-refractivity contribution in [1.29, 1.82) is 0 Å². The molecule has 1 aromatic heterocycles. The van der Waals surface area contributed by atoms with E-state index in [2.05, 4.69) is 10.2 Å². The number of rotatable bonds is 4. The maximum atomic E-state index is 12.2. The molecule has 0 fully saturated rings. The molecule has 0 bridgehead atoms. The van der Waals surface area contributed by atoms with Crippen LogP contribution in [0.5, 0.6) is 5.75 Å². The molecular formula is C16H11ClN2O3S. The van der Waals surface area contributed by atoms with E-state index in [1.54, 1.807) is 55.6 Å². The zero-order chi connectivity index (χ0) is 16.2. The lowest BCUT2D eigenvalue weighted by Gasteiger charge is -2.00. The summed E-state index contributed by atoms with van der Waals surface area (Å²) in [6.07, 6.45) is 0. The molecule has 2 aromatic carbocycles. The lowest BCUT2D eigenvalue weighted by molar-refractivity contribution is 0.108. The third-order valence-corrected chi connectivity index (χ3v) is 4.09. The molecule has 0 aliphatic rings. The van der Waals surface area contributed by atoms with E-state index in [0.717, 1.165) is 23.1 Å². The summed E-state index contributed by atoms with van der Waals surface area (Å²) < 4.78 is 10.6. The van der Waals surface area contributed by atoms with Crippen LogP contribution in [0.4, 0.5) is 0 Å². The van der Waals surface area contributed by atoms with Gasteiger partial charge in [-0.1, -0.05) is 23.7 Å². The Hall–Kier alpha value is -2.31. The molecule has 0 atom stereocenters. The molecule has 0 aliphatic carbocycles. The minimum atomic E-state index is -0.250. The fraction of sp³-hybridized carbons (Fsp3) is 0.0625.